The van der Waals surface area contributed by atoms with E-state index < -0.39 is 24.1 Å². The van der Waals surface area contributed by atoms with Gasteiger partial charge in [-0.1, -0.05) is 43.5 Å². The monoisotopic (exact) mass is 779 g/mol. The van der Waals surface area contributed by atoms with Gasteiger partial charge in [0.05, 0.1) is 50.9 Å². The van der Waals surface area contributed by atoms with Crippen molar-refractivity contribution in [2.75, 3.05) is 66.3 Å². The van der Waals surface area contributed by atoms with Crippen LogP contribution in [0.25, 0.3) is 22.0 Å². The first-order valence-corrected chi connectivity index (χ1v) is 20.8. The number of nitrogens with zero attached hydrogens (tertiary/aromatic N) is 3. The largest absolute Gasteiger partial charge is 0.491 e. The summed E-state index contributed by atoms with van der Waals surface area (Å²) in [6.45, 7) is 7.20. The average Bonchev–Trinajstić information content (AvgIpc) is 3.91. The third-order valence-corrected chi connectivity index (χ3v) is 12.1. The molecule has 55 heavy (non-hydrogen) atoms. The molecule has 3 amide bonds. The number of hydrogen-bond donors (Lipinski definition) is 3. The fourth-order valence-electron chi connectivity index (χ4n) is 7.88. The van der Waals surface area contributed by atoms with Gasteiger partial charge in [-0.05, 0) is 82.0 Å². The molecule has 1 aromatic heterocycles. The zero-order chi connectivity index (χ0) is 38.6. The highest BCUT2D eigenvalue weighted by Gasteiger charge is 2.40. The van der Waals surface area contributed by atoms with Gasteiger partial charge in [0.15, 0.2) is 0 Å². The van der Waals surface area contributed by atoms with Crippen molar-refractivity contribution < 1.29 is 38.4 Å². The first-order valence-electron chi connectivity index (χ1n) is 20.0. The molecule has 6 rings (SSSR count). The maximum atomic E-state index is 14.4. The standard InChI is InChI=1S/C41H57N5O8S/c1-28(45(2)41(49)50)38(47)44-37(29-9-4-3-5-10-29)40(48)46-20-8-13-35(46)39-43-34(27-55-39)32-14-15-36(33-12-7-6-11-31(32)33)54-26-24-52-22-21-51-23-25-53-30-16-18-42-19-17-30/h6-7,11-12,14-15,27-30,35,37,42H,3-5,8-10,13,16-26H2,1-2H3,(H,44,47)(H,49,50)/t28?,35?,37-/m0/s1. The van der Waals surface area contributed by atoms with Crippen molar-refractivity contribution in [3.05, 3.63) is 46.8 Å². The summed E-state index contributed by atoms with van der Waals surface area (Å²) in [6, 6.07) is 10.3. The number of aromatic nitrogens is 1. The van der Waals surface area contributed by atoms with Gasteiger partial charge in [-0.2, -0.15) is 0 Å². The van der Waals surface area contributed by atoms with E-state index in [-0.39, 0.29) is 17.9 Å². The van der Waals surface area contributed by atoms with Gasteiger partial charge in [0, 0.05) is 29.9 Å². The van der Waals surface area contributed by atoms with Crippen LogP contribution in [0.2, 0.25) is 0 Å². The number of benzene rings is 2. The van der Waals surface area contributed by atoms with Gasteiger partial charge < -0.3 is 39.6 Å². The Morgan fingerprint density at radius 1 is 0.927 bits per heavy atom. The number of fused-ring (bicyclic) bond motifs is 1. The number of carbonyl (C=O) groups excluding carboxylic acids is 2. The molecule has 2 saturated heterocycles. The molecule has 2 aliphatic heterocycles. The fraction of sp³-hybridized carbons (Fsp3) is 0.610. The maximum Gasteiger partial charge on any atom is 0.407 e. The van der Waals surface area contributed by atoms with Gasteiger partial charge in [-0.25, -0.2) is 9.78 Å². The molecule has 0 bridgehead atoms. The van der Waals surface area contributed by atoms with Crippen molar-refractivity contribution in [3.63, 3.8) is 0 Å². The second kappa shape index (κ2) is 20.4. The van der Waals surface area contributed by atoms with Crippen LogP contribution in [0.3, 0.4) is 0 Å². The molecule has 3 N–H and O–H groups in total. The molecule has 3 aromatic rings. The topological polar surface area (TPSA) is 152 Å². The minimum atomic E-state index is -1.19. The summed E-state index contributed by atoms with van der Waals surface area (Å²) >= 11 is 1.55. The quantitative estimate of drug-likeness (QED) is 0.134. The SMILES string of the molecule is CC(C(=O)N[C@H](C(=O)N1CCCC1c1nc(-c2ccc(OCCOCCOCCOC3CCNCC3)c3ccccc23)cs1)C1CCCCC1)N(C)C(=O)O. The summed E-state index contributed by atoms with van der Waals surface area (Å²) in [5, 5.41) is 20.7. The van der Waals surface area contributed by atoms with Gasteiger partial charge in [0.1, 0.15) is 29.4 Å². The highest BCUT2D eigenvalue weighted by atomic mass is 32.1. The number of hydrogen-bond acceptors (Lipinski definition) is 10. The van der Waals surface area contributed by atoms with Crippen molar-refractivity contribution >= 4 is 40.0 Å². The Labute approximate surface area is 328 Å². The smallest absolute Gasteiger partial charge is 0.407 e. The first kappa shape index (κ1) is 40.8. The highest BCUT2D eigenvalue weighted by Crippen LogP contribution is 2.40. The number of rotatable bonds is 18. The number of thiazole rings is 1. The van der Waals surface area contributed by atoms with Gasteiger partial charge in [0.2, 0.25) is 11.8 Å². The number of likely N-dealkylation sites (tertiary alicyclic amines) is 1. The summed E-state index contributed by atoms with van der Waals surface area (Å²) in [5.74, 6) is 0.220. The predicted octanol–water partition coefficient (Wildman–Crippen LogP) is 5.87. The Morgan fingerprint density at radius 3 is 2.38 bits per heavy atom. The number of likely N-dealkylation sites (N-methyl/N-ethyl adjacent to an activating group) is 1. The van der Waals surface area contributed by atoms with E-state index >= 15 is 0 Å². The summed E-state index contributed by atoms with van der Waals surface area (Å²) < 4.78 is 23.5. The lowest BCUT2D eigenvalue weighted by atomic mass is 9.83. The summed E-state index contributed by atoms with van der Waals surface area (Å²) in [5.41, 5.74) is 1.83. The number of piperidine rings is 1. The van der Waals surface area contributed by atoms with Crippen molar-refractivity contribution in [2.45, 2.75) is 88.9 Å². The van der Waals surface area contributed by atoms with Gasteiger partial charge in [-0.15, -0.1) is 11.3 Å². The molecular weight excluding hydrogens is 723 g/mol. The zero-order valence-corrected chi connectivity index (χ0v) is 33.0. The molecule has 3 heterocycles. The lowest BCUT2D eigenvalue weighted by Gasteiger charge is -2.35. The van der Waals surface area contributed by atoms with Crippen LogP contribution in [-0.2, 0) is 23.8 Å². The zero-order valence-electron chi connectivity index (χ0n) is 32.2. The first-order chi connectivity index (χ1) is 26.8. The molecule has 13 nitrogen and oxygen atoms in total. The van der Waals surface area contributed by atoms with Crippen LogP contribution in [0.15, 0.2) is 41.8 Å². The Kier molecular flexibility index (Phi) is 15.1. The number of carboxylic acid groups (broad SMARTS) is 1. The van der Waals surface area contributed by atoms with E-state index in [0.717, 1.165) is 109 Å². The van der Waals surface area contributed by atoms with Crippen molar-refractivity contribution in [3.8, 4) is 17.0 Å². The van der Waals surface area contributed by atoms with Crippen molar-refractivity contribution in [1.82, 2.24) is 25.4 Å². The van der Waals surface area contributed by atoms with E-state index in [2.05, 4.69) is 22.1 Å². The predicted molar refractivity (Wildman–Crippen MR) is 211 cm³/mol. The van der Waals surface area contributed by atoms with Crippen LogP contribution in [0.4, 0.5) is 4.79 Å². The Morgan fingerprint density at radius 2 is 1.64 bits per heavy atom. The second-order valence-electron chi connectivity index (χ2n) is 14.8. The van der Waals surface area contributed by atoms with Crippen LogP contribution >= 0.6 is 11.3 Å². The summed E-state index contributed by atoms with van der Waals surface area (Å²) in [4.78, 5) is 47.1. The fourth-order valence-corrected chi connectivity index (χ4v) is 8.85. The van der Waals surface area contributed by atoms with Crippen molar-refractivity contribution in [2.24, 2.45) is 5.92 Å². The number of amides is 3. The van der Waals surface area contributed by atoms with E-state index in [9.17, 15) is 19.5 Å². The van der Waals surface area contributed by atoms with Gasteiger partial charge in [-0.3, -0.25) is 14.5 Å². The van der Waals surface area contributed by atoms with Gasteiger partial charge >= 0.3 is 6.09 Å². The summed E-state index contributed by atoms with van der Waals surface area (Å²) in [7, 11) is 1.37. The lowest BCUT2D eigenvalue weighted by molar-refractivity contribution is -0.140. The summed E-state index contributed by atoms with van der Waals surface area (Å²) in [6.07, 6.45) is 7.71. The molecule has 1 aliphatic carbocycles. The molecular formula is C41H57N5O8S. The molecule has 14 heteroatoms. The number of nitrogens with one attached hydrogen (secondary N) is 2. The van der Waals surface area contributed by atoms with E-state index in [1.807, 2.05) is 35.2 Å². The van der Waals surface area contributed by atoms with E-state index in [0.29, 0.717) is 52.3 Å². The van der Waals surface area contributed by atoms with Crippen LogP contribution in [-0.4, -0.2) is 122 Å². The normalized spacial score (nSPS) is 19.3. The van der Waals surface area contributed by atoms with Crippen LogP contribution in [0.1, 0.15) is 75.8 Å². The molecule has 2 unspecified atom stereocenters. The molecule has 3 aliphatic rings. The minimum Gasteiger partial charge on any atom is -0.491 e. The third kappa shape index (κ3) is 10.7. The Bertz CT molecular complexity index is 1710. The lowest BCUT2D eigenvalue weighted by Crippen LogP contribution is -2.56. The van der Waals surface area contributed by atoms with Crippen molar-refractivity contribution in [1.29, 1.82) is 0 Å². The molecule has 0 spiro atoms. The van der Waals surface area contributed by atoms with Crippen LogP contribution in [0.5, 0.6) is 5.75 Å². The Hall–Kier alpha value is -3.82. The van der Waals surface area contributed by atoms with Crippen LogP contribution < -0.4 is 15.4 Å². The third-order valence-electron chi connectivity index (χ3n) is 11.2. The minimum absolute atomic E-state index is 0.00713. The average molecular weight is 780 g/mol. The number of ether oxygens (including phenoxy) is 4. The second-order valence-corrected chi connectivity index (χ2v) is 15.7. The molecule has 2 aromatic carbocycles. The molecule has 0 radical (unpaired) electrons. The van der Waals surface area contributed by atoms with E-state index in [4.69, 9.17) is 23.9 Å². The highest BCUT2D eigenvalue weighted by molar-refractivity contribution is 7.10. The molecule has 3 atom stereocenters. The molecule has 300 valence electrons. The molecule has 3 fully saturated rings. The Balaban J connectivity index is 1.05. The van der Waals surface area contributed by atoms with E-state index in [1.54, 1.807) is 18.3 Å². The molecule has 1 saturated carbocycles. The van der Waals surface area contributed by atoms with E-state index in [1.165, 1.54) is 7.05 Å². The van der Waals surface area contributed by atoms with Crippen LogP contribution in [0, 0.1) is 5.92 Å². The number of carbonyl (C=O) groups is 3. The van der Waals surface area contributed by atoms with Gasteiger partial charge in [0.25, 0.3) is 0 Å². The maximum absolute atomic E-state index is 14.4.